The Morgan fingerprint density at radius 1 is 1.12 bits per heavy atom. The lowest BCUT2D eigenvalue weighted by Gasteiger charge is -2.50. The Labute approximate surface area is 140 Å². The summed E-state index contributed by atoms with van der Waals surface area (Å²) in [5, 5.41) is 2.82. The Kier molecular flexibility index (Phi) is 3.69. The number of carbonyl (C=O) groups is 2. The SMILES string of the molecule is O=C(COc1ccccc1)NC1C(=O)N2CCc3ccccc3C12. The van der Waals surface area contributed by atoms with Gasteiger partial charge in [-0.15, -0.1) is 0 Å². The van der Waals surface area contributed by atoms with Gasteiger partial charge in [-0.05, 0) is 29.7 Å². The summed E-state index contributed by atoms with van der Waals surface area (Å²) in [6.45, 7) is 0.621. The average molecular weight is 322 g/mol. The summed E-state index contributed by atoms with van der Waals surface area (Å²) in [5.74, 6) is 0.347. The van der Waals surface area contributed by atoms with Crippen molar-refractivity contribution in [1.82, 2.24) is 10.2 Å². The van der Waals surface area contributed by atoms with Crippen molar-refractivity contribution in [3.8, 4) is 5.75 Å². The average Bonchev–Trinajstić information content (AvgIpc) is 2.64. The Morgan fingerprint density at radius 3 is 2.71 bits per heavy atom. The highest BCUT2D eigenvalue weighted by atomic mass is 16.5. The molecule has 2 aromatic carbocycles. The third-order valence-electron chi connectivity index (χ3n) is 4.63. The Hall–Kier alpha value is -2.82. The molecule has 2 amide bonds. The molecule has 2 unspecified atom stereocenters. The van der Waals surface area contributed by atoms with Crippen LogP contribution < -0.4 is 10.1 Å². The van der Waals surface area contributed by atoms with Crippen LogP contribution in [0.15, 0.2) is 54.6 Å². The number of benzene rings is 2. The van der Waals surface area contributed by atoms with Crippen LogP contribution in [0.3, 0.4) is 0 Å². The molecule has 0 aromatic heterocycles. The number of carbonyl (C=O) groups excluding carboxylic acids is 2. The van der Waals surface area contributed by atoms with E-state index in [4.69, 9.17) is 4.74 Å². The van der Waals surface area contributed by atoms with Gasteiger partial charge in [-0.25, -0.2) is 0 Å². The van der Waals surface area contributed by atoms with E-state index in [2.05, 4.69) is 11.4 Å². The van der Waals surface area contributed by atoms with Crippen molar-refractivity contribution in [3.05, 3.63) is 65.7 Å². The lowest BCUT2D eigenvalue weighted by atomic mass is 9.81. The minimum atomic E-state index is -0.488. The molecule has 4 rings (SSSR count). The lowest BCUT2D eigenvalue weighted by molar-refractivity contribution is -0.155. The van der Waals surface area contributed by atoms with Gasteiger partial charge in [0, 0.05) is 6.54 Å². The zero-order valence-corrected chi connectivity index (χ0v) is 13.1. The van der Waals surface area contributed by atoms with Gasteiger partial charge in [0.1, 0.15) is 11.8 Å². The second-order valence-electron chi connectivity index (χ2n) is 6.07. The standard InChI is InChI=1S/C19H18N2O3/c22-16(12-24-14-7-2-1-3-8-14)20-17-18-15-9-5-4-6-13(15)10-11-21(18)19(17)23/h1-9,17-18H,10-12H2,(H,20,22). The van der Waals surface area contributed by atoms with E-state index in [9.17, 15) is 9.59 Å². The highest BCUT2D eigenvalue weighted by molar-refractivity contribution is 5.94. The highest BCUT2D eigenvalue weighted by Crippen LogP contribution is 2.40. The van der Waals surface area contributed by atoms with Crippen LogP contribution in [0.2, 0.25) is 0 Å². The van der Waals surface area contributed by atoms with Crippen LogP contribution in [-0.2, 0) is 16.0 Å². The molecule has 2 atom stereocenters. The van der Waals surface area contributed by atoms with Crippen molar-refractivity contribution in [2.75, 3.05) is 13.2 Å². The molecule has 1 N–H and O–H groups in total. The molecule has 0 saturated carbocycles. The van der Waals surface area contributed by atoms with Crippen LogP contribution in [0.1, 0.15) is 17.2 Å². The first-order chi connectivity index (χ1) is 11.7. The lowest BCUT2D eigenvalue weighted by Crippen LogP contribution is -2.67. The van der Waals surface area contributed by atoms with E-state index in [1.54, 1.807) is 12.1 Å². The van der Waals surface area contributed by atoms with E-state index >= 15 is 0 Å². The van der Waals surface area contributed by atoms with Crippen molar-refractivity contribution in [3.63, 3.8) is 0 Å². The minimum Gasteiger partial charge on any atom is -0.484 e. The Bertz CT molecular complexity index is 775. The van der Waals surface area contributed by atoms with Gasteiger partial charge in [-0.3, -0.25) is 9.59 Å². The first kappa shape index (κ1) is 14.8. The maximum Gasteiger partial charge on any atom is 0.258 e. The number of rotatable bonds is 4. The van der Waals surface area contributed by atoms with E-state index in [1.165, 1.54) is 5.56 Å². The summed E-state index contributed by atoms with van der Waals surface area (Å²) in [4.78, 5) is 26.3. The van der Waals surface area contributed by atoms with Gasteiger partial charge in [-0.1, -0.05) is 42.5 Å². The van der Waals surface area contributed by atoms with Gasteiger partial charge in [0.05, 0.1) is 6.04 Å². The van der Waals surface area contributed by atoms with Crippen LogP contribution >= 0.6 is 0 Å². The molecule has 122 valence electrons. The van der Waals surface area contributed by atoms with Crippen molar-refractivity contribution in [2.24, 2.45) is 0 Å². The first-order valence-electron chi connectivity index (χ1n) is 8.09. The first-order valence-corrected chi connectivity index (χ1v) is 8.09. The summed E-state index contributed by atoms with van der Waals surface area (Å²) < 4.78 is 5.44. The molecule has 2 aliphatic rings. The van der Waals surface area contributed by atoms with Crippen molar-refractivity contribution < 1.29 is 14.3 Å². The number of amides is 2. The molecule has 2 aromatic rings. The summed E-state index contributed by atoms with van der Waals surface area (Å²) in [7, 11) is 0. The smallest absolute Gasteiger partial charge is 0.258 e. The fraction of sp³-hybridized carbons (Fsp3) is 0.263. The Morgan fingerprint density at radius 2 is 1.88 bits per heavy atom. The maximum atomic E-state index is 12.3. The number of fused-ring (bicyclic) bond motifs is 3. The molecule has 5 nitrogen and oxygen atoms in total. The number of nitrogens with zero attached hydrogens (tertiary/aromatic N) is 1. The fourth-order valence-electron chi connectivity index (χ4n) is 3.46. The normalized spacial score (nSPS) is 21.3. The van der Waals surface area contributed by atoms with Gasteiger partial charge in [-0.2, -0.15) is 0 Å². The molecule has 1 fully saturated rings. The highest BCUT2D eigenvalue weighted by Gasteiger charge is 2.50. The van der Waals surface area contributed by atoms with Gasteiger partial charge >= 0.3 is 0 Å². The number of hydrogen-bond donors (Lipinski definition) is 1. The fourth-order valence-corrected chi connectivity index (χ4v) is 3.46. The quantitative estimate of drug-likeness (QED) is 0.872. The molecule has 1 saturated heterocycles. The van der Waals surface area contributed by atoms with Gasteiger partial charge < -0.3 is 15.0 Å². The number of ether oxygens (including phenoxy) is 1. The summed E-state index contributed by atoms with van der Waals surface area (Å²) in [5.41, 5.74) is 2.39. The van der Waals surface area contributed by atoms with Crippen LogP contribution in [-0.4, -0.2) is 35.9 Å². The molecule has 0 bridgehead atoms. The molecular weight excluding hydrogens is 304 g/mol. The summed E-state index contributed by atoms with van der Waals surface area (Å²) in [6, 6.07) is 16.7. The van der Waals surface area contributed by atoms with Crippen LogP contribution in [0, 0.1) is 0 Å². The third kappa shape index (κ3) is 2.52. The third-order valence-corrected chi connectivity index (χ3v) is 4.63. The van der Waals surface area contributed by atoms with E-state index < -0.39 is 6.04 Å². The maximum absolute atomic E-state index is 12.3. The number of nitrogens with one attached hydrogen (secondary N) is 1. The van der Waals surface area contributed by atoms with Crippen molar-refractivity contribution in [2.45, 2.75) is 18.5 Å². The van der Waals surface area contributed by atoms with E-state index in [0.29, 0.717) is 12.3 Å². The van der Waals surface area contributed by atoms with Crippen LogP contribution in [0.4, 0.5) is 0 Å². The van der Waals surface area contributed by atoms with Crippen LogP contribution in [0.5, 0.6) is 5.75 Å². The molecule has 0 aliphatic carbocycles. The topological polar surface area (TPSA) is 58.6 Å². The zero-order valence-electron chi connectivity index (χ0n) is 13.1. The molecule has 2 heterocycles. The molecule has 24 heavy (non-hydrogen) atoms. The number of hydrogen-bond acceptors (Lipinski definition) is 3. The van der Waals surface area contributed by atoms with Gasteiger partial charge in [0.2, 0.25) is 5.91 Å². The predicted molar refractivity (Wildman–Crippen MR) is 88.5 cm³/mol. The molecule has 0 spiro atoms. The van der Waals surface area contributed by atoms with E-state index in [1.807, 2.05) is 41.3 Å². The van der Waals surface area contributed by atoms with Crippen molar-refractivity contribution >= 4 is 11.8 Å². The second-order valence-corrected chi connectivity index (χ2v) is 6.07. The number of β-lactam (4-membered cyclic amide) rings is 1. The second kappa shape index (κ2) is 6.00. The number of para-hydroxylation sites is 1. The molecule has 5 heteroatoms. The van der Waals surface area contributed by atoms with E-state index in [0.717, 1.165) is 12.0 Å². The largest absolute Gasteiger partial charge is 0.484 e. The van der Waals surface area contributed by atoms with Crippen LogP contribution in [0.25, 0.3) is 0 Å². The molecule has 2 aliphatic heterocycles. The predicted octanol–water partition coefficient (Wildman–Crippen LogP) is 1.69. The Balaban J connectivity index is 1.42. The molecular formula is C19H18N2O3. The summed E-state index contributed by atoms with van der Waals surface area (Å²) >= 11 is 0. The van der Waals surface area contributed by atoms with Gasteiger partial charge in [0.15, 0.2) is 6.61 Å². The minimum absolute atomic E-state index is 0.0115. The van der Waals surface area contributed by atoms with E-state index in [-0.39, 0.29) is 24.5 Å². The van der Waals surface area contributed by atoms with Gasteiger partial charge in [0.25, 0.3) is 5.91 Å². The zero-order chi connectivity index (χ0) is 16.5. The van der Waals surface area contributed by atoms with Crippen molar-refractivity contribution in [1.29, 1.82) is 0 Å². The molecule has 0 radical (unpaired) electrons. The monoisotopic (exact) mass is 322 g/mol. The summed E-state index contributed by atoms with van der Waals surface area (Å²) in [6.07, 6.45) is 0.871.